The van der Waals surface area contributed by atoms with Crippen molar-refractivity contribution >= 4 is 0 Å². The van der Waals surface area contributed by atoms with E-state index in [-0.39, 0.29) is 0 Å². The lowest BCUT2D eigenvalue weighted by Crippen LogP contribution is -2.13. The van der Waals surface area contributed by atoms with Crippen molar-refractivity contribution in [2.24, 2.45) is 0 Å². The summed E-state index contributed by atoms with van der Waals surface area (Å²) >= 11 is 0. The first-order chi connectivity index (χ1) is 9.81. The Kier molecular flexibility index (Phi) is 3.83. The molecule has 6 heteroatoms. The van der Waals surface area contributed by atoms with Crippen LogP contribution >= 0.6 is 0 Å². The highest BCUT2D eigenvalue weighted by molar-refractivity contribution is 5.43. The zero-order chi connectivity index (χ0) is 13.8. The van der Waals surface area contributed by atoms with Gasteiger partial charge >= 0.3 is 0 Å². The molecule has 0 unspecified atom stereocenters. The average Bonchev–Trinajstić information content (AvgIpc) is 2.73. The van der Waals surface area contributed by atoms with Gasteiger partial charge in [0.05, 0.1) is 19.8 Å². The summed E-state index contributed by atoms with van der Waals surface area (Å²) in [6.07, 6.45) is 0.915. The lowest BCUT2D eigenvalue weighted by Gasteiger charge is -2.09. The van der Waals surface area contributed by atoms with Crippen LogP contribution in [-0.2, 0) is 13.1 Å². The highest BCUT2D eigenvalue weighted by atomic mass is 16.5. The van der Waals surface area contributed by atoms with Crippen LogP contribution in [0.5, 0.6) is 11.5 Å². The molecule has 6 nitrogen and oxygen atoms in total. The Morgan fingerprint density at radius 2 is 2.00 bits per heavy atom. The number of ether oxygens (including phenoxy) is 2. The predicted octanol–water partition coefficient (Wildman–Crippen LogP) is 1.83. The molecule has 3 rings (SSSR count). The van der Waals surface area contributed by atoms with E-state index in [9.17, 15) is 0 Å². The fraction of sp³-hybridized carbons (Fsp3) is 0.429. The fourth-order valence-electron chi connectivity index (χ4n) is 2.04. The van der Waals surface area contributed by atoms with Crippen LogP contribution in [0.1, 0.15) is 23.7 Å². The maximum absolute atomic E-state index is 5.66. The van der Waals surface area contributed by atoms with Crippen LogP contribution in [0, 0.1) is 6.92 Å². The van der Waals surface area contributed by atoms with Gasteiger partial charge in [0.15, 0.2) is 17.3 Å². The Morgan fingerprint density at radius 1 is 1.15 bits per heavy atom. The van der Waals surface area contributed by atoms with Gasteiger partial charge < -0.3 is 19.3 Å². The molecule has 1 aliphatic heterocycles. The summed E-state index contributed by atoms with van der Waals surface area (Å²) < 4.78 is 16.3. The van der Waals surface area contributed by atoms with E-state index in [2.05, 4.69) is 15.5 Å². The smallest absolute Gasteiger partial charge is 0.240 e. The molecular weight excluding hydrogens is 258 g/mol. The lowest BCUT2D eigenvalue weighted by atomic mass is 10.2. The van der Waals surface area contributed by atoms with Gasteiger partial charge in [-0.3, -0.25) is 0 Å². The minimum atomic E-state index is 0.551. The molecule has 2 aromatic rings. The highest BCUT2D eigenvalue weighted by Gasteiger charge is 2.10. The number of nitrogens with zero attached hydrogens (tertiary/aromatic N) is 2. The molecule has 0 fully saturated rings. The summed E-state index contributed by atoms with van der Waals surface area (Å²) in [5.74, 6) is 2.88. The van der Waals surface area contributed by atoms with Gasteiger partial charge in [0.25, 0.3) is 0 Å². The molecule has 0 saturated carbocycles. The van der Waals surface area contributed by atoms with Crippen LogP contribution in [0.4, 0.5) is 0 Å². The van der Waals surface area contributed by atoms with E-state index >= 15 is 0 Å². The number of fused-ring (bicyclic) bond motifs is 1. The molecule has 0 bridgehead atoms. The van der Waals surface area contributed by atoms with Gasteiger partial charge in [-0.05, 0) is 24.6 Å². The molecule has 0 spiro atoms. The number of hydrogen-bond donors (Lipinski definition) is 1. The Hall–Kier alpha value is -2.08. The van der Waals surface area contributed by atoms with Crippen LogP contribution in [0.2, 0.25) is 0 Å². The number of aromatic nitrogens is 2. The van der Waals surface area contributed by atoms with Crippen LogP contribution in [-0.4, -0.2) is 23.4 Å². The summed E-state index contributed by atoms with van der Waals surface area (Å²) in [5.41, 5.74) is 1.13. The van der Waals surface area contributed by atoms with Gasteiger partial charge in [-0.1, -0.05) is 11.2 Å². The average molecular weight is 275 g/mol. The van der Waals surface area contributed by atoms with Crippen molar-refractivity contribution in [1.82, 2.24) is 15.5 Å². The number of rotatable bonds is 4. The summed E-state index contributed by atoms with van der Waals surface area (Å²) in [6.45, 7) is 4.47. The first-order valence-electron chi connectivity index (χ1n) is 6.70. The third kappa shape index (κ3) is 3.08. The van der Waals surface area contributed by atoms with E-state index in [4.69, 9.17) is 14.0 Å². The molecule has 0 atom stereocenters. The van der Waals surface area contributed by atoms with Gasteiger partial charge in [0, 0.05) is 13.0 Å². The van der Waals surface area contributed by atoms with E-state index in [1.807, 2.05) is 18.2 Å². The number of aryl methyl sites for hydroxylation is 1. The Labute approximate surface area is 117 Å². The van der Waals surface area contributed by atoms with E-state index in [0.717, 1.165) is 23.5 Å². The first kappa shape index (κ1) is 12.9. The summed E-state index contributed by atoms with van der Waals surface area (Å²) in [5, 5.41) is 7.01. The maximum atomic E-state index is 5.66. The highest BCUT2D eigenvalue weighted by Crippen LogP contribution is 2.30. The lowest BCUT2D eigenvalue weighted by molar-refractivity contribution is 0.297. The van der Waals surface area contributed by atoms with Crippen LogP contribution in [0.3, 0.4) is 0 Å². The second kappa shape index (κ2) is 5.92. The summed E-state index contributed by atoms with van der Waals surface area (Å²) in [6, 6.07) is 5.99. The molecule has 1 aromatic heterocycles. The summed E-state index contributed by atoms with van der Waals surface area (Å²) in [4.78, 5) is 4.14. The van der Waals surface area contributed by atoms with E-state index in [1.54, 1.807) is 6.92 Å². The molecule has 106 valence electrons. The SMILES string of the molecule is Cc1noc(CNCc2ccc3c(c2)OCCCO3)n1. The van der Waals surface area contributed by atoms with Crippen molar-refractivity contribution in [2.45, 2.75) is 26.4 Å². The van der Waals surface area contributed by atoms with Gasteiger partial charge in [-0.2, -0.15) is 4.98 Å². The zero-order valence-corrected chi connectivity index (χ0v) is 11.4. The van der Waals surface area contributed by atoms with Crippen LogP contribution in [0.15, 0.2) is 22.7 Å². The Morgan fingerprint density at radius 3 is 2.80 bits per heavy atom. The summed E-state index contributed by atoms with van der Waals surface area (Å²) in [7, 11) is 0. The fourth-order valence-corrected chi connectivity index (χ4v) is 2.04. The number of hydrogen-bond acceptors (Lipinski definition) is 6. The maximum Gasteiger partial charge on any atom is 0.240 e. The third-order valence-electron chi connectivity index (χ3n) is 2.99. The monoisotopic (exact) mass is 275 g/mol. The molecule has 1 aromatic carbocycles. The molecule has 1 N–H and O–H groups in total. The van der Waals surface area contributed by atoms with Crippen molar-refractivity contribution in [1.29, 1.82) is 0 Å². The van der Waals surface area contributed by atoms with Gasteiger partial charge in [-0.25, -0.2) is 0 Å². The molecule has 0 aliphatic carbocycles. The van der Waals surface area contributed by atoms with Crippen molar-refractivity contribution in [3.05, 3.63) is 35.5 Å². The molecule has 0 amide bonds. The predicted molar refractivity (Wildman–Crippen MR) is 71.6 cm³/mol. The molecule has 1 aliphatic rings. The first-order valence-corrected chi connectivity index (χ1v) is 6.70. The Bertz CT molecular complexity index is 583. The second-order valence-corrected chi connectivity index (χ2v) is 4.67. The van der Waals surface area contributed by atoms with Crippen LogP contribution in [0.25, 0.3) is 0 Å². The van der Waals surface area contributed by atoms with Gasteiger partial charge in [0.1, 0.15) is 0 Å². The van der Waals surface area contributed by atoms with Crippen LogP contribution < -0.4 is 14.8 Å². The van der Waals surface area contributed by atoms with Crippen molar-refractivity contribution in [2.75, 3.05) is 13.2 Å². The van der Waals surface area contributed by atoms with Crippen molar-refractivity contribution in [3.8, 4) is 11.5 Å². The second-order valence-electron chi connectivity index (χ2n) is 4.67. The quantitative estimate of drug-likeness (QED) is 0.918. The third-order valence-corrected chi connectivity index (χ3v) is 2.99. The zero-order valence-electron chi connectivity index (χ0n) is 11.4. The number of nitrogens with one attached hydrogen (secondary N) is 1. The molecule has 0 radical (unpaired) electrons. The molecule has 2 heterocycles. The normalized spacial score (nSPS) is 14.1. The standard InChI is InChI=1S/C14H17N3O3/c1-10-16-14(20-17-10)9-15-8-11-3-4-12-13(7-11)19-6-2-5-18-12/h3-4,7,15H,2,5-6,8-9H2,1H3. The molecule has 0 saturated heterocycles. The van der Waals surface area contributed by atoms with Gasteiger partial charge in [-0.15, -0.1) is 0 Å². The van der Waals surface area contributed by atoms with Crippen molar-refractivity contribution < 1.29 is 14.0 Å². The largest absolute Gasteiger partial charge is 0.490 e. The van der Waals surface area contributed by atoms with Crippen molar-refractivity contribution in [3.63, 3.8) is 0 Å². The minimum Gasteiger partial charge on any atom is -0.490 e. The minimum absolute atomic E-state index is 0.551. The molecule has 20 heavy (non-hydrogen) atoms. The number of benzene rings is 1. The topological polar surface area (TPSA) is 69.4 Å². The van der Waals surface area contributed by atoms with E-state index in [0.29, 0.717) is 38.0 Å². The Balaban J connectivity index is 1.59. The van der Waals surface area contributed by atoms with Gasteiger partial charge in [0.2, 0.25) is 5.89 Å². The van der Waals surface area contributed by atoms with E-state index in [1.165, 1.54) is 0 Å². The van der Waals surface area contributed by atoms with E-state index < -0.39 is 0 Å². The molecular formula is C14H17N3O3.